The van der Waals surface area contributed by atoms with Crippen molar-refractivity contribution in [3.05, 3.63) is 101 Å². The summed E-state index contributed by atoms with van der Waals surface area (Å²) in [4.78, 5) is 4.65. The van der Waals surface area contributed by atoms with Gasteiger partial charge in [0.2, 0.25) is 0 Å². The lowest BCUT2D eigenvalue weighted by atomic mass is 9.88. The van der Waals surface area contributed by atoms with E-state index in [4.69, 9.17) is 4.42 Å². The zero-order valence-corrected chi connectivity index (χ0v) is 13.6. The third-order valence-corrected chi connectivity index (χ3v) is 4.40. The average molecular weight is 313 g/mol. The first kappa shape index (κ1) is 14.7. The van der Waals surface area contributed by atoms with Crippen molar-refractivity contribution in [1.82, 2.24) is 4.98 Å². The van der Waals surface area contributed by atoms with Crippen molar-refractivity contribution in [2.24, 2.45) is 0 Å². The van der Waals surface area contributed by atoms with Crippen LogP contribution in [-0.2, 0) is 6.42 Å². The fourth-order valence-electron chi connectivity index (χ4n) is 3.09. The lowest BCUT2D eigenvalue weighted by molar-refractivity contribution is 0.514. The van der Waals surface area contributed by atoms with E-state index in [0.29, 0.717) is 0 Å². The van der Waals surface area contributed by atoms with Crippen molar-refractivity contribution in [1.29, 1.82) is 0 Å². The predicted molar refractivity (Wildman–Crippen MR) is 97.2 cm³/mol. The van der Waals surface area contributed by atoms with Gasteiger partial charge in [0.05, 0.1) is 0 Å². The summed E-state index contributed by atoms with van der Waals surface area (Å²) in [5.41, 5.74) is 5.61. The molecule has 2 nitrogen and oxygen atoms in total. The number of para-hydroxylation sites is 2. The molecule has 118 valence electrons. The molecule has 24 heavy (non-hydrogen) atoms. The van der Waals surface area contributed by atoms with Crippen LogP contribution >= 0.6 is 0 Å². The second kappa shape index (κ2) is 6.32. The highest BCUT2D eigenvalue weighted by molar-refractivity contribution is 5.72. The summed E-state index contributed by atoms with van der Waals surface area (Å²) < 4.78 is 5.95. The highest BCUT2D eigenvalue weighted by atomic mass is 16.3. The van der Waals surface area contributed by atoms with Crippen LogP contribution in [0.4, 0.5) is 0 Å². The Hall–Kier alpha value is -2.87. The number of aryl methyl sites for hydroxylation is 1. The Kier molecular flexibility index (Phi) is 3.87. The first-order valence-electron chi connectivity index (χ1n) is 8.25. The van der Waals surface area contributed by atoms with Crippen LogP contribution in [-0.4, -0.2) is 4.98 Å². The van der Waals surface area contributed by atoms with Crippen LogP contribution in [0.2, 0.25) is 0 Å². The van der Waals surface area contributed by atoms with E-state index in [2.05, 4.69) is 66.5 Å². The minimum atomic E-state index is 0.236. The Morgan fingerprint density at radius 1 is 0.792 bits per heavy atom. The molecule has 0 spiro atoms. The second-order valence-corrected chi connectivity index (χ2v) is 6.15. The summed E-state index contributed by atoms with van der Waals surface area (Å²) in [6.45, 7) is 2.11. The molecule has 0 bridgehead atoms. The molecule has 0 aliphatic rings. The summed E-state index contributed by atoms with van der Waals surface area (Å²) in [7, 11) is 0. The van der Waals surface area contributed by atoms with Gasteiger partial charge in [0, 0.05) is 12.3 Å². The van der Waals surface area contributed by atoms with Crippen molar-refractivity contribution < 1.29 is 4.42 Å². The van der Waals surface area contributed by atoms with E-state index >= 15 is 0 Å². The highest BCUT2D eigenvalue weighted by Crippen LogP contribution is 2.29. The molecular formula is C22H19NO. The van der Waals surface area contributed by atoms with Crippen LogP contribution in [0.15, 0.2) is 83.3 Å². The fraction of sp³-hybridized carbons (Fsp3) is 0.136. The van der Waals surface area contributed by atoms with Crippen LogP contribution < -0.4 is 0 Å². The number of nitrogens with zero attached hydrogens (tertiary/aromatic N) is 1. The van der Waals surface area contributed by atoms with E-state index < -0.39 is 0 Å². The number of rotatable bonds is 4. The molecule has 3 aromatic carbocycles. The molecule has 1 aromatic heterocycles. The maximum atomic E-state index is 5.95. The van der Waals surface area contributed by atoms with Gasteiger partial charge in [-0.2, -0.15) is 0 Å². The summed E-state index contributed by atoms with van der Waals surface area (Å²) in [5, 5.41) is 0. The average Bonchev–Trinajstić information content (AvgIpc) is 3.04. The second-order valence-electron chi connectivity index (χ2n) is 6.15. The first-order valence-corrected chi connectivity index (χ1v) is 8.25. The molecule has 4 rings (SSSR count). The van der Waals surface area contributed by atoms with E-state index in [1.807, 2.05) is 24.3 Å². The summed E-state index contributed by atoms with van der Waals surface area (Å²) in [6, 6.07) is 27.2. The normalized spacial score (nSPS) is 12.4. The Bertz CT molecular complexity index is 906. The molecule has 0 aliphatic carbocycles. The minimum absolute atomic E-state index is 0.236. The zero-order chi connectivity index (χ0) is 16.4. The Balaban J connectivity index is 1.73. The van der Waals surface area contributed by atoms with Crippen molar-refractivity contribution in [3.8, 4) is 0 Å². The molecule has 0 saturated carbocycles. The maximum Gasteiger partial charge on any atom is 0.196 e. The summed E-state index contributed by atoms with van der Waals surface area (Å²) in [5.74, 6) is 1.02. The predicted octanol–water partition coefficient (Wildman–Crippen LogP) is 5.51. The smallest absolute Gasteiger partial charge is 0.196 e. The fourth-order valence-corrected chi connectivity index (χ4v) is 3.09. The molecule has 0 radical (unpaired) electrons. The maximum absolute atomic E-state index is 5.95. The Labute approximate surface area is 141 Å². The van der Waals surface area contributed by atoms with Gasteiger partial charge in [-0.25, -0.2) is 4.98 Å². The molecule has 2 heteroatoms. The highest BCUT2D eigenvalue weighted by Gasteiger charge is 2.18. The van der Waals surface area contributed by atoms with Gasteiger partial charge in [-0.15, -0.1) is 0 Å². The molecule has 1 unspecified atom stereocenters. The van der Waals surface area contributed by atoms with Crippen molar-refractivity contribution in [2.75, 3.05) is 0 Å². The van der Waals surface area contributed by atoms with Gasteiger partial charge in [-0.05, 0) is 30.2 Å². The third-order valence-electron chi connectivity index (χ3n) is 4.40. The minimum Gasteiger partial charge on any atom is -0.441 e. The number of benzene rings is 3. The largest absolute Gasteiger partial charge is 0.441 e. The van der Waals surface area contributed by atoms with Crippen LogP contribution in [0.1, 0.15) is 28.5 Å². The van der Waals surface area contributed by atoms with E-state index in [-0.39, 0.29) is 5.92 Å². The van der Waals surface area contributed by atoms with Crippen molar-refractivity contribution in [3.63, 3.8) is 0 Å². The lowest BCUT2D eigenvalue weighted by Crippen LogP contribution is -2.05. The molecule has 0 amide bonds. The number of hydrogen-bond acceptors (Lipinski definition) is 2. The number of hydrogen-bond donors (Lipinski definition) is 0. The van der Waals surface area contributed by atoms with Gasteiger partial charge in [0.25, 0.3) is 0 Å². The van der Waals surface area contributed by atoms with E-state index in [9.17, 15) is 0 Å². The Morgan fingerprint density at radius 2 is 1.46 bits per heavy atom. The first-order chi connectivity index (χ1) is 11.8. The van der Waals surface area contributed by atoms with Gasteiger partial charge in [0.1, 0.15) is 5.52 Å². The van der Waals surface area contributed by atoms with Crippen molar-refractivity contribution in [2.45, 2.75) is 19.3 Å². The van der Waals surface area contributed by atoms with Crippen molar-refractivity contribution >= 4 is 11.1 Å². The molecule has 0 saturated heterocycles. The van der Waals surface area contributed by atoms with E-state index in [1.165, 1.54) is 16.7 Å². The molecule has 0 N–H and O–H groups in total. The molecular weight excluding hydrogens is 294 g/mol. The number of aromatic nitrogens is 1. The van der Waals surface area contributed by atoms with Gasteiger partial charge in [0.15, 0.2) is 11.5 Å². The third kappa shape index (κ3) is 2.95. The quantitative estimate of drug-likeness (QED) is 0.496. The van der Waals surface area contributed by atoms with Gasteiger partial charge in [-0.1, -0.05) is 72.3 Å². The van der Waals surface area contributed by atoms with Crippen LogP contribution in [0.5, 0.6) is 0 Å². The molecule has 1 heterocycles. The van der Waals surface area contributed by atoms with Crippen LogP contribution in [0.25, 0.3) is 11.1 Å². The topological polar surface area (TPSA) is 26.0 Å². The molecule has 0 fully saturated rings. The molecule has 1 atom stereocenters. The van der Waals surface area contributed by atoms with Gasteiger partial charge < -0.3 is 4.42 Å². The van der Waals surface area contributed by atoms with E-state index in [0.717, 1.165) is 23.4 Å². The standard InChI is InChI=1S/C22H19NO/c1-16-11-13-18(14-12-16)19(17-7-3-2-4-8-17)15-22-23-20-9-5-6-10-21(20)24-22/h2-14,19H,15H2,1H3. The zero-order valence-electron chi connectivity index (χ0n) is 13.6. The SMILES string of the molecule is Cc1ccc(C(Cc2nc3ccccc3o2)c2ccccc2)cc1. The number of oxazole rings is 1. The van der Waals surface area contributed by atoms with Gasteiger partial charge >= 0.3 is 0 Å². The monoisotopic (exact) mass is 313 g/mol. The lowest BCUT2D eigenvalue weighted by Gasteiger charge is -2.16. The Morgan fingerprint density at radius 3 is 2.21 bits per heavy atom. The van der Waals surface area contributed by atoms with Crippen LogP contribution in [0.3, 0.4) is 0 Å². The summed E-state index contributed by atoms with van der Waals surface area (Å²) >= 11 is 0. The van der Waals surface area contributed by atoms with E-state index in [1.54, 1.807) is 0 Å². The molecule has 4 aromatic rings. The summed E-state index contributed by atoms with van der Waals surface area (Å²) in [6.07, 6.45) is 0.752. The van der Waals surface area contributed by atoms with Gasteiger partial charge in [-0.3, -0.25) is 0 Å². The number of fused-ring (bicyclic) bond motifs is 1. The van der Waals surface area contributed by atoms with Crippen LogP contribution in [0, 0.1) is 6.92 Å². The molecule has 0 aliphatic heterocycles.